The van der Waals surface area contributed by atoms with E-state index >= 15 is 0 Å². The summed E-state index contributed by atoms with van der Waals surface area (Å²) in [5.41, 5.74) is 1.52. The van der Waals surface area contributed by atoms with Crippen molar-refractivity contribution >= 4 is 35.2 Å². The molecule has 0 bridgehead atoms. The first-order chi connectivity index (χ1) is 18.4. The van der Waals surface area contributed by atoms with Crippen molar-refractivity contribution in [2.24, 2.45) is 0 Å². The van der Waals surface area contributed by atoms with Crippen LogP contribution in [0, 0.1) is 19.3 Å². The van der Waals surface area contributed by atoms with Crippen molar-refractivity contribution in [1.29, 1.82) is 0 Å². The van der Waals surface area contributed by atoms with Crippen molar-refractivity contribution in [3.63, 3.8) is 0 Å². The Labute approximate surface area is 237 Å². The van der Waals surface area contributed by atoms with Gasteiger partial charge in [-0.1, -0.05) is 74.0 Å². The maximum absolute atomic E-state index is 14.0. The van der Waals surface area contributed by atoms with Gasteiger partial charge >= 0.3 is 6.09 Å². The number of ether oxygens (including phenoxy) is 1. The Bertz CT molecular complexity index is 1180. The molecule has 0 aliphatic rings. The second kappa shape index (κ2) is 14.6. The average Bonchev–Trinajstić information content (AvgIpc) is 2.86. The van der Waals surface area contributed by atoms with E-state index in [-0.39, 0.29) is 6.54 Å². The number of carbonyl (C=O) groups excluding carboxylic acids is 3. The first-order valence-electron chi connectivity index (χ1n) is 13.3. The van der Waals surface area contributed by atoms with Crippen molar-refractivity contribution in [3.05, 3.63) is 64.2 Å². The summed E-state index contributed by atoms with van der Waals surface area (Å²) in [5.74, 6) is 1.75. The normalized spacial score (nSPS) is 12.6. The van der Waals surface area contributed by atoms with E-state index in [1.165, 1.54) is 4.90 Å². The molecule has 2 atom stereocenters. The lowest BCUT2D eigenvalue weighted by Crippen LogP contribution is -2.51. The van der Waals surface area contributed by atoms with Crippen LogP contribution in [0.2, 0.25) is 5.02 Å². The number of halogens is 1. The second-order valence-corrected chi connectivity index (χ2v) is 10.9. The zero-order chi connectivity index (χ0) is 29.2. The number of nitrogens with zero attached hydrogens (tertiary/aromatic N) is 1. The van der Waals surface area contributed by atoms with E-state index in [4.69, 9.17) is 22.8 Å². The van der Waals surface area contributed by atoms with Gasteiger partial charge in [-0.05, 0) is 64.3 Å². The van der Waals surface area contributed by atoms with Crippen molar-refractivity contribution in [3.8, 4) is 12.3 Å². The van der Waals surface area contributed by atoms with Crippen molar-refractivity contribution in [2.45, 2.75) is 84.9 Å². The molecule has 2 aromatic rings. The molecule has 7 nitrogen and oxygen atoms in total. The fourth-order valence-corrected chi connectivity index (χ4v) is 4.44. The number of rotatable bonds is 11. The largest absolute Gasteiger partial charge is 0.444 e. The Morgan fingerprint density at radius 2 is 1.77 bits per heavy atom. The summed E-state index contributed by atoms with van der Waals surface area (Å²) in [6.07, 6.45) is 8.65. The van der Waals surface area contributed by atoms with Gasteiger partial charge in [0.1, 0.15) is 17.7 Å². The lowest BCUT2D eigenvalue weighted by Gasteiger charge is -2.34. The van der Waals surface area contributed by atoms with Crippen LogP contribution in [0.3, 0.4) is 0 Å². The predicted molar refractivity (Wildman–Crippen MR) is 157 cm³/mol. The van der Waals surface area contributed by atoms with Crippen molar-refractivity contribution in [1.82, 2.24) is 10.2 Å². The van der Waals surface area contributed by atoms with Gasteiger partial charge < -0.3 is 20.3 Å². The van der Waals surface area contributed by atoms with Gasteiger partial charge in [0.2, 0.25) is 5.91 Å². The number of anilines is 1. The second-order valence-electron chi connectivity index (χ2n) is 10.5. The van der Waals surface area contributed by atoms with E-state index in [1.54, 1.807) is 64.1 Å². The van der Waals surface area contributed by atoms with Crippen LogP contribution in [0.1, 0.15) is 83.0 Å². The molecule has 0 saturated heterocycles. The zero-order valence-corrected chi connectivity index (χ0v) is 24.5. The number of nitrogens with one attached hydrogen (secondary N) is 2. The minimum absolute atomic E-state index is 0.289. The summed E-state index contributed by atoms with van der Waals surface area (Å²) in [5, 5.41) is 5.93. The number of alkyl carbamates (subject to hydrolysis) is 1. The molecule has 0 radical (unpaired) electrons. The zero-order valence-electron chi connectivity index (χ0n) is 23.8. The first-order valence-corrected chi connectivity index (χ1v) is 13.7. The topological polar surface area (TPSA) is 87.7 Å². The van der Waals surface area contributed by atoms with Gasteiger partial charge in [-0.25, -0.2) is 4.79 Å². The van der Waals surface area contributed by atoms with Gasteiger partial charge in [0.15, 0.2) is 0 Å². The molecule has 0 heterocycles. The standard InChI is InChI=1S/C31H40ClN3O4/c1-8-10-11-14-20-35(29(37)22(4)33-30(38)39-31(5,6)7)27(24-18-13-12-17-23(24)9-2)28(36)34-26-21(3)16-15-19-25(26)32/h2,12-13,15-19,22,27H,8,10-11,14,20H2,1,3-7H3,(H,33,38)(H,34,36). The van der Waals surface area contributed by atoms with Crippen molar-refractivity contribution in [2.75, 3.05) is 11.9 Å². The molecule has 0 saturated carbocycles. The summed E-state index contributed by atoms with van der Waals surface area (Å²) in [7, 11) is 0. The van der Waals surface area contributed by atoms with Crippen LogP contribution in [0.25, 0.3) is 0 Å². The third-order valence-corrected chi connectivity index (χ3v) is 6.40. The number of aryl methyl sites for hydroxylation is 1. The molecule has 2 rings (SSSR count). The number of unbranched alkanes of at least 4 members (excludes halogenated alkanes) is 3. The van der Waals surface area contributed by atoms with E-state index in [0.29, 0.717) is 28.3 Å². The number of hydrogen-bond acceptors (Lipinski definition) is 4. The SMILES string of the molecule is C#Cc1ccccc1C(C(=O)Nc1c(C)cccc1Cl)N(CCCCCC)C(=O)C(C)NC(=O)OC(C)(C)C. The van der Waals surface area contributed by atoms with E-state index < -0.39 is 35.6 Å². The molecule has 0 aliphatic heterocycles. The molecule has 8 heteroatoms. The van der Waals surface area contributed by atoms with Gasteiger partial charge in [0, 0.05) is 12.1 Å². The lowest BCUT2D eigenvalue weighted by molar-refractivity contribution is -0.140. The third-order valence-electron chi connectivity index (χ3n) is 6.08. The third kappa shape index (κ3) is 9.33. The van der Waals surface area contributed by atoms with Crippen LogP contribution in [0.5, 0.6) is 0 Å². The Hall–Kier alpha value is -3.50. The number of para-hydroxylation sites is 1. The molecule has 0 aliphatic carbocycles. The van der Waals surface area contributed by atoms with Crippen LogP contribution in [-0.2, 0) is 14.3 Å². The smallest absolute Gasteiger partial charge is 0.408 e. The molecule has 0 aromatic heterocycles. The molecule has 39 heavy (non-hydrogen) atoms. The molecule has 3 amide bonds. The van der Waals surface area contributed by atoms with E-state index in [1.807, 2.05) is 13.0 Å². The highest BCUT2D eigenvalue weighted by Crippen LogP contribution is 2.31. The summed E-state index contributed by atoms with van der Waals surface area (Å²) in [6.45, 7) is 11.0. The minimum Gasteiger partial charge on any atom is -0.444 e. The van der Waals surface area contributed by atoms with Crippen LogP contribution in [0.15, 0.2) is 42.5 Å². The number of amides is 3. The summed E-state index contributed by atoms with van der Waals surface area (Å²) >= 11 is 6.41. The van der Waals surface area contributed by atoms with E-state index in [9.17, 15) is 14.4 Å². The fraction of sp³-hybridized carbons (Fsp3) is 0.452. The molecule has 0 spiro atoms. The van der Waals surface area contributed by atoms with Gasteiger partial charge in [-0.15, -0.1) is 6.42 Å². The first kappa shape index (κ1) is 31.7. The number of hydrogen-bond donors (Lipinski definition) is 2. The maximum Gasteiger partial charge on any atom is 0.408 e. The molecule has 210 valence electrons. The molecule has 2 unspecified atom stereocenters. The minimum atomic E-state index is -1.06. The van der Waals surface area contributed by atoms with Gasteiger partial charge in [-0.2, -0.15) is 0 Å². The van der Waals surface area contributed by atoms with Crippen LogP contribution >= 0.6 is 11.6 Å². The van der Waals surface area contributed by atoms with Crippen LogP contribution < -0.4 is 10.6 Å². The highest BCUT2D eigenvalue weighted by atomic mass is 35.5. The van der Waals surface area contributed by atoms with E-state index in [0.717, 1.165) is 24.8 Å². The summed E-state index contributed by atoms with van der Waals surface area (Å²) < 4.78 is 5.34. The van der Waals surface area contributed by atoms with E-state index in [2.05, 4.69) is 23.5 Å². The maximum atomic E-state index is 14.0. The fourth-order valence-electron chi connectivity index (χ4n) is 4.17. The molecular formula is C31H40ClN3O4. The molecule has 0 fully saturated rings. The average molecular weight is 554 g/mol. The van der Waals surface area contributed by atoms with Crippen molar-refractivity contribution < 1.29 is 19.1 Å². The Balaban J connectivity index is 2.54. The summed E-state index contributed by atoms with van der Waals surface area (Å²) in [6, 6.07) is 10.3. The predicted octanol–water partition coefficient (Wildman–Crippen LogP) is 6.63. The number of benzene rings is 2. The molecule has 2 N–H and O–H groups in total. The highest BCUT2D eigenvalue weighted by Gasteiger charge is 2.36. The summed E-state index contributed by atoms with van der Waals surface area (Å²) in [4.78, 5) is 41.9. The Morgan fingerprint density at radius 3 is 2.38 bits per heavy atom. The highest BCUT2D eigenvalue weighted by molar-refractivity contribution is 6.34. The van der Waals surface area contributed by atoms with Crippen LogP contribution in [-0.4, -0.2) is 41.0 Å². The monoisotopic (exact) mass is 553 g/mol. The van der Waals surface area contributed by atoms with Crippen LogP contribution in [0.4, 0.5) is 10.5 Å². The van der Waals surface area contributed by atoms with Gasteiger partial charge in [-0.3, -0.25) is 9.59 Å². The lowest BCUT2D eigenvalue weighted by atomic mass is 9.97. The molecule has 2 aromatic carbocycles. The van der Waals surface area contributed by atoms with Gasteiger partial charge in [0.25, 0.3) is 5.91 Å². The Morgan fingerprint density at radius 1 is 1.08 bits per heavy atom. The quantitative estimate of drug-likeness (QED) is 0.241. The van der Waals surface area contributed by atoms with Gasteiger partial charge in [0.05, 0.1) is 10.7 Å². The number of carbonyl (C=O) groups is 3. The molecular weight excluding hydrogens is 514 g/mol. The Kier molecular flexibility index (Phi) is 11.9. The number of terminal acetylenes is 1.